The van der Waals surface area contributed by atoms with Crippen LogP contribution in [0.25, 0.3) is 11.1 Å². The molecule has 2 aliphatic heterocycles. The summed E-state index contributed by atoms with van der Waals surface area (Å²) in [5.74, 6) is 0.554. The fraction of sp³-hybridized carbons (Fsp3) is 0.238. The number of hydrogen-bond acceptors (Lipinski definition) is 7. The SMILES string of the molecule is O=C1OC(CNc2ccon2)CN1c1ccc(-c2ccc(N3CCNC3=O)nc2)c(F)c1. The van der Waals surface area contributed by atoms with E-state index in [1.165, 1.54) is 28.3 Å². The number of hydrogen-bond donors (Lipinski definition) is 2. The van der Waals surface area contributed by atoms with E-state index in [9.17, 15) is 14.0 Å². The molecule has 1 aromatic carbocycles. The molecule has 0 bridgehead atoms. The van der Waals surface area contributed by atoms with E-state index in [1.54, 1.807) is 30.3 Å². The van der Waals surface area contributed by atoms with E-state index in [1.807, 2.05) is 0 Å². The van der Waals surface area contributed by atoms with E-state index in [4.69, 9.17) is 9.26 Å². The Kier molecular flexibility index (Phi) is 5.06. The summed E-state index contributed by atoms with van der Waals surface area (Å²) in [6.07, 6.45) is 2.00. The van der Waals surface area contributed by atoms with Crippen molar-refractivity contribution in [1.29, 1.82) is 0 Å². The lowest BCUT2D eigenvalue weighted by molar-refractivity contribution is 0.147. The molecule has 1 unspecified atom stereocenters. The minimum atomic E-state index is -0.543. The first-order valence-electron chi connectivity index (χ1n) is 10.0. The summed E-state index contributed by atoms with van der Waals surface area (Å²) >= 11 is 0. The number of carbonyl (C=O) groups excluding carboxylic acids is 2. The van der Waals surface area contributed by atoms with Gasteiger partial charge in [0.05, 0.1) is 18.8 Å². The van der Waals surface area contributed by atoms with Crippen molar-refractivity contribution in [1.82, 2.24) is 15.5 Å². The molecule has 2 N–H and O–H groups in total. The van der Waals surface area contributed by atoms with Crippen LogP contribution in [-0.4, -0.2) is 54.5 Å². The van der Waals surface area contributed by atoms with Gasteiger partial charge in [0, 0.05) is 36.5 Å². The van der Waals surface area contributed by atoms with Gasteiger partial charge >= 0.3 is 12.1 Å². The monoisotopic (exact) mass is 438 g/mol. The summed E-state index contributed by atoms with van der Waals surface area (Å²) in [4.78, 5) is 31.2. The van der Waals surface area contributed by atoms with Gasteiger partial charge in [0.25, 0.3) is 0 Å². The third-order valence-electron chi connectivity index (χ3n) is 5.28. The Morgan fingerprint density at radius 1 is 1.19 bits per heavy atom. The highest BCUT2D eigenvalue weighted by Gasteiger charge is 2.32. The van der Waals surface area contributed by atoms with Crippen molar-refractivity contribution in [3.05, 3.63) is 54.7 Å². The van der Waals surface area contributed by atoms with Crippen LogP contribution in [0.5, 0.6) is 0 Å². The number of benzene rings is 1. The lowest BCUT2D eigenvalue weighted by Crippen LogP contribution is -2.28. The highest BCUT2D eigenvalue weighted by atomic mass is 19.1. The number of pyridine rings is 1. The number of rotatable bonds is 6. The van der Waals surface area contributed by atoms with E-state index in [2.05, 4.69) is 20.8 Å². The first-order valence-corrected chi connectivity index (χ1v) is 10.0. The van der Waals surface area contributed by atoms with Crippen LogP contribution in [0.15, 0.2) is 53.4 Å². The molecule has 0 radical (unpaired) electrons. The second kappa shape index (κ2) is 8.17. The topological polar surface area (TPSA) is 113 Å². The fourth-order valence-electron chi connectivity index (χ4n) is 3.66. The molecule has 11 heteroatoms. The van der Waals surface area contributed by atoms with Crippen LogP contribution in [0, 0.1) is 5.82 Å². The summed E-state index contributed by atoms with van der Waals surface area (Å²) < 4.78 is 25.0. The van der Waals surface area contributed by atoms with E-state index in [-0.39, 0.29) is 12.6 Å². The number of halogens is 1. The van der Waals surface area contributed by atoms with Gasteiger partial charge in [-0.2, -0.15) is 0 Å². The van der Waals surface area contributed by atoms with Crippen molar-refractivity contribution in [2.75, 3.05) is 41.3 Å². The van der Waals surface area contributed by atoms with Crippen LogP contribution in [-0.2, 0) is 4.74 Å². The number of nitrogens with zero attached hydrogens (tertiary/aromatic N) is 4. The van der Waals surface area contributed by atoms with Crippen LogP contribution in [0.2, 0.25) is 0 Å². The Hall–Kier alpha value is -4.15. The van der Waals surface area contributed by atoms with Crippen molar-refractivity contribution in [3.63, 3.8) is 0 Å². The van der Waals surface area contributed by atoms with Gasteiger partial charge in [-0.25, -0.2) is 19.0 Å². The highest BCUT2D eigenvalue weighted by Crippen LogP contribution is 2.29. The van der Waals surface area contributed by atoms with E-state index in [0.717, 1.165) is 0 Å². The number of ether oxygens (including phenoxy) is 1. The number of amides is 3. The minimum Gasteiger partial charge on any atom is -0.442 e. The van der Waals surface area contributed by atoms with Gasteiger partial charge < -0.3 is 19.9 Å². The predicted octanol–water partition coefficient (Wildman–Crippen LogP) is 2.84. The molecule has 5 rings (SSSR count). The van der Waals surface area contributed by atoms with Crippen LogP contribution in [0.3, 0.4) is 0 Å². The molecule has 2 aliphatic rings. The quantitative estimate of drug-likeness (QED) is 0.608. The second-order valence-electron chi connectivity index (χ2n) is 7.33. The smallest absolute Gasteiger partial charge is 0.414 e. The maximum atomic E-state index is 14.9. The lowest BCUT2D eigenvalue weighted by Gasteiger charge is -2.15. The summed E-state index contributed by atoms with van der Waals surface area (Å²) in [6, 6.07) is 9.40. The van der Waals surface area contributed by atoms with Crippen molar-refractivity contribution in [2.24, 2.45) is 0 Å². The minimum absolute atomic E-state index is 0.201. The highest BCUT2D eigenvalue weighted by molar-refractivity contribution is 5.93. The molecule has 0 aliphatic carbocycles. The molecular formula is C21H19FN6O4. The van der Waals surface area contributed by atoms with Gasteiger partial charge in [-0.15, -0.1) is 0 Å². The predicted molar refractivity (Wildman–Crippen MR) is 113 cm³/mol. The van der Waals surface area contributed by atoms with Crippen LogP contribution < -0.4 is 20.4 Å². The summed E-state index contributed by atoms with van der Waals surface area (Å²) in [5.41, 5.74) is 1.31. The van der Waals surface area contributed by atoms with E-state index >= 15 is 0 Å². The number of cyclic esters (lactones) is 1. The molecule has 2 fully saturated rings. The summed E-state index contributed by atoms with van der Waals surface area (Å²) in [6.45, 7) is 1.72. The third-order valence-corrected chi connectivity index (χ3v) is 5.28. The van der Waals surface area contributed by atoms with Gasteiger partial charge in [0.2, 0.25) is 0 Å². The molecule has 164 valence electrons. The summed E-state index contributed by atoms with van der Waals surface area (Å²) in [7, 11) is 0. The first-order chi connectivity index (χ1) is 15.6. The molecule has 0 saturated carbocycles. The Morgan fingerprint density at radius 2 is 2.09 bits per heavy atom. The summed E-state index contributed by atoms with van der Waals surface area (Å²) in [5, 5.41) is 9.46. The Bertz CT molecular complexity index is 1140. The largest absolute Gasteiger partial charge is 0.442 e. The van der Waals surface area contributed by atoms with E-state index < -0.39 is 18.0 Å². The van der Waals surface area contributed by atoms with Crippen LogP contribution >= 0.6 is 0 Å². The second-order valence-corrected chi connectivity index (χ2v) is 7.33. The van der Waals surface area contributed by atoms with Crippen LogP contribution in [0.4, 0.5) is 31.3 Å². The van der Waals surface area contributed by atoms with Gasteiger partial charge in [-0.05, 0) is 30.3 Å². The Morgan fingerprint density at radius 3 is 2.78 bits per heavy atom. The molecule has 10 nitrogen and oxygen atoms in total. The zero-order valence-corrected chi connectivity index (χ0v) is 16.8. The molecule has 32 heavy (non-hydrogen) atoms. The normalized spacial score (nSPS) is 18.1. The van der Waals surface area contributed by atoms with E-state index in [0.29, 0.717) is 48.1 Å². The molecule has 3 aromatic rings. The fourth-order valence-corrected chi connectivity index (χ4v) is 3.66. The molecule has 4 heterocycles. The molecule has 2 saturated heterocycles. The molecule has 1 atom stereocenters. The van der Waals surface area contributed by atoms with Gasteiger partial charge in [-0.3, -0.25) is 9.80 Å². The Balaban J connectivity index is 1.28. The number of nitrogens with one attached hydrogen (secondary N) is 2. The van der Waals surface area contributed by atoms with Crippen molar-refractivity contribution in [3.8, 4) is 11.1 Å². The van der Waals surface area contributed by atoms with Crippen LogP contribution in [0.1, 0.15) is 0 Å². The average molecular weight is 438 g/mol. The zero-order valence-electron chi connectivity index (χ0n) is 16.8. The molecule has 3 amide bonds. The van der Waals surface area contributed by atoms with Crippen molar-refractivity contribution in [2.45, 2.75) is 6.10 Å². The standard InChI is InChI=1S/C21H19FN6O4/c22-17-9-14(28-12-15(32-21(28)30)11-24-18-5-8-31-26-18)2-3-16(17)13-1-4-19(25-10-13)27-7-6-23-20(27)29/h1-5,8-10,15H,6-7,11-12H2,(H,23,29)(H,24,26). The van der Waals surface area contributed by atoms with Gasteiger partial charge in [0.15, 0.2) is 5.82 Å². The maximum absolute atomic E-state index is 14.9. The third kappa shape index (κ3) is 3.80. The van der Waals surface area contributed by atoms with Crippen molar-refractivity contribution >= 4 is 29.4 Å². The number of carbonyl (C=O) groups is 2. The average Bonchev–Trinajstić information content (AvgIpc) is 3.54. The molecular weight excluding hydrogens is 419 g/mol. The Labute approximate surface area is 181 Å². The maximum Gasteiger partial charge on any atom is 0.414 e. The first kappa shape index (κ1) is 19.8. The number of anilines is 3. The zero-order chi connectivity index (χ0) is 22.1. The molecule has 0 spiro atoms. The number of urea groups is 1. The van der Waals surface area contributed by atoms with Gasteiger partial charge in [-0.1, -0.05) is 5.16 Å². The number of aromatic nitrogens is 2. The molecule has 2 aromatic heterocycles. The lowest BCUT2D eigenvalue weighted by atomic mass is 10.1. The van der Waals surface area contributed by atoms with Crippen molar-refractivity contribution < 1.29 is 23.2 Å². The van der Waals surface area contributed by atoms with Gasteiger partial charge in [0.1, 0.15) is 24.0 Å².